The summed E-state index contributed by atoms with van der Waals surface area (Å²) in [5.74, 6) is 1.54. The molecule has 19 heavy (non-hydrogen) atoms. The molecule has 0 spiro atoms. The molecule has 1 heterocycles. The van der Waals surface area contributed by atoms with Gasteiger partial charge < -0.3 is 21.1 Å². The molecule has 7 heteroatoms. The van der Waals surface area contributed by atoms with E-state index in [0.29, 0.717) is 30.6 Å². The van der Waals surface area contributed by atoms with E-state index in [1.807, 2.05) is 6.92 Å². The average Bonchev–Trinajstić information content (AvgIpc) is 2.36. The van der Waals surface area contributed by atoms with Crippen molar-refractivity contribution in [1.29, 1.82) is 0 Å². The van der Waals surface area contributed by atoms with Gasteiger partial charge in [-0.05, 0) is 6.42 Å². The molecule has 1 rings (SSSR count). The first-order valence-electron chi connectivity index (χ1n) is 6.28. The van der Waals surface area contributed by atoms with Gasteiger partial charge in [-0.1, -0.05) is 6.92 Å². The van der Waals surface area contributed by atoms with Gasteiger partial charge in [-0.25, -0.2) is 9.97 Å². The predicted octanol–water partition coefficient (Wildman–Crippen LogP) is 0.186. The van der Waals surface area contributed by atoms with E-state index in [1.165, 1.54) is 0 Å². The van der Waals surface area contributed by atoms with Crippen molar-refractivity contribution in [3.63, 3.8) is 0 Å². The third-order valence-electron chi connectivity index (χ3n) is 2.32. The molecule has 1 aromatic rings. The Morgan fingerprint density at radius 2 is 2.26 bits per heavy atom. The highest BCUT2D eigenvalue weighted by atomic mass is 16.5. The Balaban J connectivity index is 2.45. The number of nitrogens with two attached hydrogens (primary N) is 1. The lowest BCUT2D eigenvalue weighted by molar-refractivity contribution is -0.119. The number of carbonyl (C=O) groups is 1. The minimum atomic E-state index is -0.119. The largest absolute Gasteiger partial charge is 0.384 e. The van der Waals surface area contributed by atoms with Gasteiger partial charge in [-0.3, -0.25) is 4.79 Å². The van der Waals surface area contributed by atoms with Crippen LogP contribution in [0.1, 0.15) is 19.2 Å². The fourth-order valence-corrected chi connectivity index (χ4v) is 1.47. The highest BCUT2D eigenvalue weighted by Crippen LogP contribution is 2.09. The number of anilines is 2. The number of ether oxygens (including phenoxy) is 1. The summed E-state index contributed by atoms with van der Waals surface area (Å²) in [4.78, 5) is 19.9. The van der Waals surface area contributed by atoms with Crippen LogP contribution in [0.5, 0.6) is 0 Å². The van der Waals surface area contributed by atoms with Crippen molar-refractivity contribution in [2.75, 3.05) is 37.9 Å². The molecular formula is C12H21N5O2. The van der Waals surface area contributed by atoms with Crippen LogP contribution >= 0.6 is 0 Å². The summed E-state index contributed by atoms with van der Waals surface area (Å²) < 4.78 is 4.84. The fraction of sp³-hybridized carbons (Fsp3) is 0.583. The van der Waals surface area contributed by atoms with Crippen LogP contribution in [-0.2, 0) is 16.0 Å². The van der Waals surface area contributed by atoms with Gasteiger partial charge in [0.2, 0.25) is 5.91 Å². The van der Waals surface area contributed by atoms with E-state index in [0.717, 1.165) is 12.8 Å². The monoisotopic (exact) mass is 267 g/mol. The zero-order chi connectivity index (χ0) is 14.1. The number of rotatable bonds is 8. The van der Waals surface area contributed by atoms with Gasteiger partial charge in [0.05, 0.1) is 13.2 Å². The van der Waals surface area contributed by atoms with E-state index in [-0.39, 0.29) is 12.5 Å². The maximum absolute atomic E-state index is 11.5. The average molecular weight is 267 g/mol. The number of carbonyl (C=O) groups excluding carboxylic acids is 1. The number of aryl methyl sites for hydroxylation is 1. The van der Waals surface area contributed by atoms with Gasteiger partial charge in [-0.15, -0.1) is 0 Å². The highest BCUT2D eigenvalue weighted by molar-refractivity contribution is 5.80. The van der Waals surface area contributed by atoms with Gasteiger partial charge in [0.15, 0.2) is 0 Å². The summed E-state index contributed by atoms with van der Waals surface area (Å²) in [6.45, 7) is 3.17. The van der Waals surface area contributed by atoms with Crippen molar-refractivity contribution in [2.24, 2.45) is 0 Å². The van der Waals surface area contributed by atoms with E-state index in [2.05, 4.69) is 20.6 Å². The van der Waals surface area contributed by atoms with Crippen molar-refractivity contribution in [3.05, 3.63) is 11.9 Å². The zero-order valence-electron chi connectivity index (χ0n) is 11.4. The summed E-state index contributed by atoms with van der Waals surface area (Å²) in [7, 11) is 1.59. The van der Waals surface area contributed by atoms with Crippen LogP contribution in [0.25, 0.3) is 0 Å². The summed E-state index contributed by atoms with van der Waals surface area (Å²) in [5.41, 5.74) is 5.69. The molecule has 0 aromatic carbocycles. The van der Waals surface area contributed by atoms with Crippen molar-refractivity contribution in [1.82, 2.24) is 15.3 Å². The van der Waals surface area contributed by atoms with Crippen molar-refractivity contribution < 1.29 is 9.53 Å². The molecule has 106 valence electrons. The SMILES string of the molecule is CCCc1nc(N)cc(NCC(=O)NCCOC)n1. The van der Waals surface area contributed by atoms with E-state index >= 15 is 0 Å². The van der Waals surface area contributed by atoms with Crippen molar-refractivity contribution >= 4 is 17.5 Å². The van der Waals surface area contributed by atoms with Gasteiger partial charge in [-0.2, -0.15) is 0 Å². The van der Waals surface area contributed by atoms with Gasteiger partial charge >= 0.3 is 0 Å². The number of nitrogen functional groups attached to an aromatic ring is 1. The first kappa shape index (κ1) is 15.2. The first-order chi connectivity index (χ1) is 9.15. The summed E-state index contributed by atoms with van der Waals surface area (Å²) in [6, 6.07) is 1.61. The third-order valence-corrected chi connectivity index (χ3v) is 2.32. The van der Waals surface area contributed by atoms with E-state index in [4.69, 9.17) is 10.5 Å². The molecule has 0 aliphatic rings. The topological polar surface area (TPSA) is 102 Å². The molecule has 0 saturated carbocycles. The maximum atomic E-state index is 11.5. The third kappa shape index (κ3) is 6.01. The Morgan fingerprint density at radius 1 is 1.47 bits per heavy atom. The molecule has 7 nitrogen and oxygen atoms in total. The molecule has 0 atom stereocenters. The van der Waals surface area contributed by atoms with Gasteiger partial charge in [0.1, 0.15) is 17.5 Å². The second-order valence-corrected chi connectivity index (χ2v) is 4.04. The Kier molecular flexibility index (Phi) is 6.59. The number of nitrogens with zero attached hydrogens (tertiary/aromatic N) is 2. The number of methoxy groups -OCH3 is 1. The van der Waals surface area contributed by atoms with Crippen LogP contribution < -0.4 is 16.4 Å². The molecule has 0 bridgehead atoms. The van der Waals surface area contributed by atoms with Crippen LogP contribution in [0.4, 0.5) is 11.6 Å². The lowest BCUT2D eigenvalue weighted by atomic mass is 10.3. The van der Waals surface area contributed by atoms with Gasteiger partial charge in [0.25, 0.3) is 0 Å². The Hall–Kier alpha value is -1.89. The summed E-state index contributed by atoms with van der Waals surface area (Å²) in [5, 5.41) is 5.63. The van der Waals surface area contributed by atoms with Crippen molar-refractivity contribution in [3.8, 4) is 0 Å². The molecule has 0 fully saturated rings. The Morgan fingerprint density at radius 3 is 2.95 bits per heavy atom. The van der Waals surface area contributed by atoms with Crippen LogP contribution in [0.2, 0.25) is 0 Å². The minimum absolute atomic E-state index is 0.119. The number of nitrogens with one attached hydrogen (secondary N) is 2. The van der Waals surface area contributed by atoms with Crippen molar-refractivity contribution in [2.45, 2.75) is 19.8 Å². The van der Waals surface area contributed by atoms with E-state index in [1.54, 1.807) is 13.2 Å². The lowest BCUT2D eigenvalue weighted by Crippen LogP contribution is -2.32. The molecular weight excluding hydrogens is 246 g/mol. The number of hydrogen-bond acceptors (Lipinski definition) is 6. The molecule has 0 aliphatic carbocycles. The minimum Gasteiger partial charge on any atom is -0.384 e. The smallest absolute Gasteiger partial charge is 0.239 e. The summed E-state index contributed by atoms with van der Waals surface area (Å²) >= 11 is 0. The molecule has 0 saturated heterocycles. The normalized spacial score (nSPS) is 10.2. The fourth-order valence-electron chi connectivity index (χ4n) is 1.47. The van der Waals surface area contributed by atoms with Crippen LogP contribution in [-0.4, -0.2) is 42.7 Å². The van der Waals surface area contributed by atoms with Gasteiger partial charge in [0, 0.05) is 26.1 Å². The summed E-state index contributed by atoms with van der Waals surface area (Å²) in [6.07, 6.45) is 1.71. The zero-order valence-corrected chi connectivity index (χ0v) is 11.4. The molecule has 1 aromatic heterocycles. The highest BCUT2D eigenvalue weighted by Gasteiger charge is 2.04. The number of aromatic nitrogens is 2. The lowest BCUT2D eigenvalue weighted by Gasteiger charge is -2.08. The van der Waals surface area contributed by atoms with Crippen LogP contribution in [0.15, 0.2) is 6.07 Å². The predicted molar refractivity (Wildman–Crippen MR) is 73.8 cm³/mol. The molecule has 0 unspecified atom stereocenters. The molecule has 0 aliphatic heterocycles. The van der Waals surface area contributed by atoms with E-state index in [9.17, 15) is 4.79 Å². The van der Waals surface area contributed by atoms with Crippen LogP contribution in [0.3, 0.4) is 0 Å². The molecule has 4 N–H and O–H groups in total. The second kappa shape index (κ2) is 8.25. The quantitative estimate of drug-likeness (QED) is 0.581. The molecule has 1 amide bonds. The Labute approximate surface area is 113 Å². The van der Waals surface area contributed by atoms with E-state index < -0.39 is 0 Å². The number of amides is 1. The second-order valence-electron chi connectivity index (χ2n) is 4.04. The number of hydrogen-bond donors (Lipinski definition) is 3. The maximum Gasteiger partial charge on any atom is 0.239 e. The first-order valence-corrected chi connectivity index (χ1v) is 6.28. The van der Waals surface area contributed by atoms with Crippen LogP contribution in [0, 0.1) is 0 Å². The standard InChI is InChI=1S/C12H21N5O2/c1-3-4-10-16-9(13)7-11(17-10)15-8-12(18)14-5-6-19-2/h7H,3-6,8H2,1-2H3,(H,14,18)(H3,13,15,16,17). The Bertz CT molecular complexity index is 411. The molecule has 0 radical (unpaired) electrons.